The summed E-state index contributed by atoms with van der Waals surface area (Å²) in [5.74, 6) is 0.444. The van der Waals surface area contributed by atoms with E-state index in [-0.39, 0.29) is 31.2 Å². The molecule has 0 atom stereocenters. The van der Waals surface area contributed by atoms with Gasteiger partial charge in [-0.2, -0.15) is 13.2 Å². The van der Waals surface area contributed by atoms with Crippen molar-refractivity contribution >= 4 is 22.0 Å². The second-order valence-electron chi connectivity index (χ2n) is 12.4. The number of furan rings is 1. The third-order valence-electron chi connectivity index (χ3n) is 8.91. The maximum atomic E-state index is 13.7. The van der Waals surface area contributed by atoms with Crippen molar-refractivity contribution in [1.29, 1.82) is 0 Å². The summed E-state index contributed by atoms with van der Waals surface area (Å²) in [4.78, 5) is 9.01. The van der Waals surface area contributed by atoms with Gasteiger partial charge in [-0.1, -0.05) is 139 Å². The third-order valence-corrected chi connectivity index (χ3v) is 8.91. The number of imidazole rings is 1. The molecule has 0 spiro atoms. The molecule has 9 aromatic rings. The molecule has 273 valence electrons. The first-order chi connectivity index (χ1) is 28.7. The van der Waals surface area contributed by atoms with Gasteiger partial charge >= 0.3 is 6.18 Å². The molecule has 0 aliphatic rings. The summed E-state index contributed by atoms with van der Waals surface area (Å²) in [5, 5.41) is 0.296. The zero-order valence-corrected chi connectivity index (χ0v) is 31.1. The van der Waals surface area contributed by atoms with Gasteiger partial charge in [0.25, 0.3) is 0 Å². The van der Waals surface area contributed by atoms with Crippen LogP contribution in [0.25, 0.3) is 72.6 Å². The normalized spacial score (nSPS) is 13.3. The van der Waals surface area contributed by atoms with Crippen molar-refractivity contribution in [2.75, 3.05) is 0 Å². The van der Waals surface area contributed by atoms with Gasteiger partial charge in [-0.3, -0.25) is 4.98 Å². The van der Waals surface area contributed by atoms with Crippen molar-refractivity contribution in [3.8, 4) is 50.6 Å². The monoisotopic (exact) mass is 910 g/mol. The number of fused-ring (bicyclic) bond motifs is 2. The van der Waals surface area contributed by atoms with E-state index in [0.717, 1.165) is 45.6 Å². The fourth-order valence-corrected chi connectivity index (χ4v) is 6.36. The summed E-state index contributed by atoms with van der Waals surface area (Å²) in [5.41, 5.74) is 7.74. The van der Waals surface area contributed by atoms with Crippen LogP contribution in [0.4, 0.5) is 13.2 Å². The summed E-state index contributed by atoms with van der Waals surface area (Å²) in [7, 11) is 0. The van der Waals surface area contributed by atoms with Crippen molar-refractivity contribution in [3.63, 3.8) is 0 Å². The summed E-state index contributed by atoms with van der Waals surface area (Å²) < 4.78 is 92.4. The molecule has 0 bridgehead atoms. The number of hydrogen-bond acceptors (Lipinski definition) is 3. The molecule has 0 aliphatic heterocycles. The Bertz CT molecular complexity index is 2820. The molecular weight excluding hydrogens is 872 g/mol. The van der Waals surface area contributed by atoms with E-state index >= 15 is 0 Å². The predicted molar refractivity (Wildman–Crippen MR) is 209 cm³/mol. The van der Waals surface area contributed by atoms with Crippen LogP contribution in [0.3, 0.4) is 0 Å². The minimum absolute atomic E-state index is 0. The Hall–Kier alpha value is -6.08. The molecule has 3 aromatic heterocycles. The Balaban J connectivity index is 0.000000226. The largest absolute Gasteiger partial charge is 0.557 e. The summed E-state index contributed by atoms with van der Waals surface area (Å²) in [6.07, 6.45) is -0.325. The van der Waals surface area contributed by atoms with Crippen LogP contribution in [0.2, 0.25) is 0 Å². The van der Waals surface area contributed by atoms with E-state index in [9.17, 15) is 13.2 Å². The first-order valence-corrected chi connectivity index (χ1v) is 16.9. The van der Waals surface area contributed by atoms with E-state index in [0.29, 0.717) is 39.1 Å². The topological polar surface area (TPSA) is 43.9 Å². The molecule has 8 heteroatoms. The Morgan fingerprint density at radius 2 is 1.38 bits per heavy atom. The van der Waals surface area contributed by atoms with Crippen molar-refractivity contribution in [2.45, 2.75) is 19.9 Å². The summed E-state index contributed by atoms with van der Waals surface area (Å²) in [6.45, 7) is -4.34. The first kappa shape index (κ1) is 30.3. The van der Waals surface area contributed by atoms with Crippen LogP contribution in [-0.4, -0.2) is 14.5 Å². The molecule has 0 saturated heterocycles. The minimum Gasteiger partial charge on any atom is -0.557 e. The molecule has 55 heavy (non-hydrogen) atoms. The molecule has 9 rings (SSSR count). The summed E-state index contributed by atoms with van der Waals surface area (Å²) >= 11 is 0. The van der Waals surface area contributed by atoms with Crippen LogP contribution in [0.15, 0.2) is 162 Å². The number of rotatable bonds is 5. The Labute approximate surface area is 338 Å². The standard InChI is InChI=1S/C34H20F3N2O.C13H12N.Ir/c35-34(36,37)24-18-19-31-27(20-24)28(21-40-31)33-38-29-16-7-8-17-30(29)39(33)32-25(22-10-3-1-4-11-22)14-9-15-26(32)23-12-5-2-6-13-23;1-10-3-6-12(7-4-10)13-8-5-11(2)9-14-13;/h1-20H;3-6,8-9H,1-2H3;/q2*-1;/i;1D3,2D3;. The number of benzene rings is 6. The van der Waals surface area contributed by atoms with E-state index in [2.05, 4.69) is 29.4 Å². The third kappa shape index (κ3) is 7.65. The number of nitrogens with zero attached hydrogens (tertiary/aromatic N) is 3. The number of aromatic nitrogens is 3. The molecule has 1 radical (unpaired) electrons. The number of aryl methyl sites for hydroxylation is 2. The van der Waals surface area contributed by atoms with E-state index in [1.807, 2.05) is 95.6 Å². The van der Waals surface area contributed by atoms with Gasteiger partial charge in [0, 0.05) is 63.1 Å². The maximum absolute atomic E-state index is 13.7. The van der Waals surface area contributed by atoms with Crippen LogP contribution < -0.4 is 0 Å². The Morgan fingerprint density at radius 3 is 2.00 bits per heavy atom. The minimum atomic E-state index is -4.50. The molecule has 0 aliphatic carbocycles. The van der Waals surface area contributed by atoms with Crippen molar-refractivity contribution < 1.29 is 45.9 Å². The number of hydrogen-bond donors (Lipinski definition) is 0. The van der Waals surface area contributed by atoms with Crippen LogP contribution in [0.5, 0.6) is 0 Å². The molecule has 0 fully saturated rings. The van der Waals surface area contributed by atoms with Crippen LogP contribution in [0, 0.1) is 26.0 Å². The molecule has 4 nitrogen and oxygen atoms in total. The SMILES string of the molecule is FC(F)(F)c1ccc2o[c-]c(-c3nc4ccccc4n3-c3c(-c4ccccc4)cccc3-c3ccccc3)c2c1.[2H]C([2H])([2H])c1c[c-]c(-c2ccc(C([2H])([2H])[2H])cn2)cc1.[Ir]. The Kier molecular flexibility index (Phi) is 8.65. The van der Waals surface area contributed by atoms with E-state index < -0.39 is 25.4 Å². The zero-order valence-electron chi connectivity index (χ0n) is 34.7. The number of para-hydroxylation sites is 3. The first-order valence-electron chi connectivity index (χ1n) is 19.9. The maximum Gasteiger partial charge on any atom is 0.415 e. The van der Waals surface area contributed by atoms with Gasteiger partial charge in [0.1, 0.15) is 0 Å². The zero-order chi connectivity index (χ0) is 42.2. The molecule has 3 heterocycles. The van der Waals surface area contributed by atoms with Crippen LogP contribution >= 0.6 is 0 Å². The van der Waals surface area contributed by atoms with Crippen molar-refractivity contribution in [1.82, 2.24) is 14.5 Å². The quantitative estimate of drug-likeness (QED) is 0.162. The van der Waals surface area contributed by atoms with Gasteiger partial charge in [0.2, 0.25) is 0 Å². The Morgan fingerprint density at radius 1 is 0.709 bits per heavy atom. The molecule has 0 N–H and O–H groups in total. The van der Waals surface area contributed by atoms with Gasteiger partial charge < -0.3 is 14.0 Å². The van der Waals surface area contributed by atoms with E-state index in [1.54, 1.807) is 12.1 Å². The van der Waals surface area contributed by atoms with Gasteiger partial charge in [-0.05, 0) is 41.4 Å². The number of pyridine rings is 1. The van der Waals surface area contributed by atoms with Gasteiger partial charge in [-0.25, -0.2) is 0 Å². The second kappa shape index (κ2) is 15.7. The van der Waals surface area contributed by atoms with Crippen LogP contribution in [-0.2, 0) is 26.3 Å². The second-order valence-corrected chi connectivity index (χ2v) is 12.4. The molecule has 0 saturated carbocycles. The van der Waals surface area contributed by atoms with Gasteiger partial charge in [0.05, 0.1) is 22.5 Å². The average molecular weight is 910 g/mol. The molecule has 0 unspecified atom stereocenters. The van der Waals surface area contributed by atoms with E-state index in [1.165, 1.54) is 30.5 Å². The number of halogens is 3. The van der Waals surface area contributed by atoms with Gasteiger partial charge in [0.15, 0.2) is 0 Å². The molecular formula is C47H32F3IrN3O-2. The van der Waals surface area contributed by atoms with Crippen molar-refractivity contribution in [2.24, 2.45) is 0 Å². The predicted octanol–water partition coefficient (Wildman–Crippen LogP) is 12.8. The molecule has 0 amide bonds. The average Bonchev–Trinajstić information content (AvgIpc) is 3.85. The van der Waals surface area contributed by atoms with Crippen LogP contribution in [0.1, 0.15) is 24.9 Å². The van der Waals surface area contributed by atoms with E-state index in [4.69, 9.17) is 17.6 Å². The molecule has 6 aromatic carbocycles. The van der Waals surface area contributed by atoms with Crippen molar-refractivity contribution in [3.05, 3.63) is 187 Å². The van der Waals surface area contributed by atoms with Gasteiger partial charge in [-0.15, -0.1) is 35.4 Å². The fraction of sp³-hybridized carbons (Fsp3) is 0.0638. The smallest absolute Gasteiger partial charge is 0.415 e. The number of alkyl halides is 3. The summed E-state index contributed by atoms with van der Waals surface area (Å²) in [6, 6.07) is 47.7. The fourth-order valence-electron chi connectivity index (χ4n) is 6.36.